The van der Waals surface area contributed by atoms with Crippen LogP contribution in [0, 0.1) is 0 Å². The van der Waals surface area contributed by atoms with Gasteiger partial charge in [0.1, 0.15) is 0 Å². The molecule has 4 heteroatoms. The maximum Gasteiger partial charge on any atom is 0.0633 e. The van der Waals surface area contributed by atoms with Crippen molar-refractivity contribution < 1.29 is 10.2 Å². The Morgan fingerprint density at radius 3 is 2.40 bits per heavy atom. The Kier molecular flexibility index (Phi) is 4.54. The summed E-state index contributed by atoms with van der Waals surface area (Å²) in [5.74, 6) is 0. The van der Waals surface area contributed by atoms with Gasteiger partial charge in [-0.05, 0) is 18.6 Å². The normalized spacial score (nSPS) is 11.7. The van der Waals surface area contributed by atoms with E-state index in [1.165, 1.54) is 0 Å². The summed E-state index contributed by atoms with van der Waals surface area (Å²) in [4.78, 5) is 0. The van der Waals surface area contributed by atoms with Gasteiger partial charge in [-0.25, -0.2) is 0 Å². The molecule has 0 radical (unpaired) electrons. The van der Waals surface area contributed by atoms with Crippen LogP contribution in [0.3, 0.4) is 0 Å². The average molecular weight is 230 g/mol. The predicted octanol–water partition coefficient (Wildman–Crippen LogP) is 1.17. The van der Waals surface area contributed by atoms with E-state index in [0.717, 1.165) is 5.56 Å². The van der Waals surface area contributed by atoms with Crippen molar-refractivity contribution in [2.24, 2.45) is 0 Å². The number of hydrogen-bond acceptors (Lipinski definition) is 3. The highest BCUT2D eigenvalue weighted by Crippen LogP contribution is 2.15. The molecule has 1 aromatic carbocycles. The van der Waals surface area contributed by atoms with E-state index in [2.05, 4.69) is 5.32 Å². The topological polar surface area (TPSA) is 52.5 Å². The van der Waals surface area contributed by atoms with Crippen LogP contribution in [0.25, 0.3) is 0 Å². The zero-order valence-corrected chi connectivity index (χ0v) is 9.46. The lowest BCUT2D eigenvalue weighted by Gasteiger charge is -2.26. The average Bonchev–Trinajstić information content (AvgIpc) is 2.28. The standard InChI is InChI=1S/C11H16ClNO2/c1-11(7-14,8-15)13-6-9-4-2-3-5-10(9)12/h2-5,13-15H,6-8H2,1H3. The Morgan fingerprint density at radius 2 is 1.87 bits per heavy atom. The number of nitrogens with one attached hydrogen (secondary N) is 1. The molecule has 0 aromatic heterocycles. The number of aliphatic hydroxyl groups is 2. The van der Waals surface area contributed by atoms with Gasteiger partial charge in [0.25, 0.3) is 0 Å². The van der Waals surface area contributed by atoms with Crippen molar-refractivity contribution in [3.63, 3.8) is 0 Å². The molecule has 0 saturated heterocycles. The van der Waals surface area contributed by atoms with Crippen LogP contribution in [0.15, 0.2) is 24.3 Å². The first kappa shape index (κ1) is 12.5. The van der Waals surface area contributed by atoms with Crippen LogP contribution in [0.2, 0.25) is 5.02 Å². The second-order valence-electron chi connectivity index (χ2n) is 3.82. The molecule has 1 rings (SSSR count). The van der Waals surface area contributed by atoms with Crippen molar-refractivity contribution in [1.82, 2.24) is 5.32 Å². The van der Waals surface area contributed by atoms with Gasteiger partial charge in [0, 0.05) is 11.6 Å². The van der Waals surface area contributed by atoms with Crippen LogP contribution >= 0.6 is 11.6 Å². The minimum absolute atomic E-state index is 0.117. The zero-order chi connectivity index (χ0) is 11.3. The molecule has 15 heavy (non-hydrogen) atoms. The van der Waals surface area contributed by atoms with Gasteiger partial charge in [-0.1, -0.05) is 29.8 Å². The summed E-state index contributed by atoms with van der Waals surface area (Å²) in [6.45, 7) is 2.04. The summed E-state index contributed by atoms with van der Waals surface area (Å²) in [5.41, 5.74) is 0.284. The van der Waals surface area contributed by atoms with E-state index in [4.69, 9.17) is 21.8 Å². The molecule has 1 aromatic rings. The van der Waals surface area contributed by atoms with E-state index in [1.807, 2.05) is 24.3 Å². The highest BCUT2D eigenvalue weighted by Gasteiger charge is 2.21. The van der Waals surface area contributed by atoms with Gasteiger partial charge in [0.05, 0.1) is 18.8 Å². The van der Waals surface area contributed by atoms with Crippen molar-refractivity contribution in [1.29, 1.82) is 0 Å². The van der Waals surface area contributed by atoms with Gasteiger partial charge in [0.2, 0.25) is 0 Å². The van der Waals surface area contributed by atoms with Gasteiger partial charge in [-0.15, -0.1) is 0 Å². The Bertz CT molecular complexity index is 313. The molecule has 0 spiro atoms. The first-order valence-electron chi connectivity index (χ1n) is 4.81. The molecule has 0 amide bonds. The minimum Gasteiger partial charge on any atom is -0.394 e. The molecule has 0 bridgehead atoms. The van der Waals surface area contributed by atoms with Crippen molar-refractivity contribution in [2.75, 3.05) is 13.2 Å². The molecule has 0 saturated carbocycles. The smallest absolute Gasteiger partial charge is 0.0633 e. The quantitative estimate of drug-likeness (QED) is 0.711. The van der Waals surface area contributed by atoms with E-state index in [0.29, 0.717) is 11.6 Å². The number of halogens is 1. The molecule has 84 valence electrons. The van der Waals surface area contributed by atoms with Crippen LogP contribution < -0.4 is 5.32 Å². The maximum atomic E-state index is 9.08. The van der Waals surface area contributed by atoms with Crippen LogP contribution in [-0.2, 0) is 6.54 Å². The zero-order valence-electron chi connectivity index (χ0n) is 8.70. The first-order valence-corrected chi connectivity index (χ1v) is 5.19. The Hall–Kier alpha value is -0.610. The molecular formula is C11H16ClNO2. The first-order chi connectivity index (χ1) is 7.11. The highest BCUT2D eigenvalue weighted by atomic mass is 35.5. The van der Waals surface area contributed by atoms with E-state index in [1.54, 1.807) is 6.92 Å². The third-order valence-electron chi connectivity index (χ3n) is 2.36. The van der Waals surface area contributed by atoms with E-state index in [-0.39, 0.29) is 13.2 Å². The molecule has 0 aliphatic heterocycles. The highest BCUT2D eigenvalue weighted by molar-refractivity contribution is 6.31. The van der Waals surface area contributed by atoms with Crippen molar-refractivity contribution in [2.45, 2.75) is 19.0 Å². The van der Waals surface area contributed by atoms with Gasteiger partial charge in [-0.3, -0.25) is 0 Å². The molecular weight excluding hydrogens is 214 g/mol. The van der Waals surface area contributed by atoms with Crippen LogP contribution in [-0.4, -0.2) is 29.0 Å². The third kappa shape index (κ3) is 3.47. The molecule has 0 heterocycles. The summed E-state index contributed by atoms with van der Waals surface area (Å²) in [5, 5.41) is 21.9. The van der Waals surface area contributed by atoms with Crippen molar-refractivity contribution in [3.8, 4) is 0 Å². The fraction of sp³-hybridized carbons (Fsp3) is 0.455. The Morgan fingerprint density at radius 1 is 1.27 bits per heavy atom. The lowest BCUT2D eigenvalue weighted by Crippen LogP contribution is -2.48. The summed E-state index contributed by atoms with van der Waals surface area (Å²) >= 11 is 5.97. The van der Waals surface area contributed by atoms with Crippen LogP contribution in [0.1, 0.15) is 12.5 Å². The van der Waals surface area contributed by atoms with Gasteiger partial charge in [-0.2, -0.15) is 0 Å². The summed E-state index contributed by atoms with van der Waals surface area (Å²) in [7, 11) is 0. The molecule has 0 aliphatic carbocycles. The Balaban J connectivity index is 2.61. The molecule has 3 N–H and O–H groups in total. The largest absolute Gasteiger partial charge is 0.394 e. The number of benzene rings is 1. The number of rotatable bonds is 5. The van der Waals surface area contributed by atoms with Gasteiger partial charge in [0.15, 0.2) is 0 Å². The second kappa shape index (κ2) is 5.47. The number of hydrogen-bond donors (Lipinski definition) is 3. The maximum absolute atomic E-state index is 9.08. The summed E-state index contributed by atoms with van der Waals surface area (Å²) < 4.78 is 0. The van der Waals surface area contributed by atoms with Gasteiger partial charge >= 0.3 is 0 Å². The second-order valence-corrected chi connectivity index (χ2v) is 4.23. The summed E-state index contributed by atoms with van der Waals surface area (Å²) in [6, 6.07) is 7.49. The van der Waals surface area contributed by atoms with Crippen LogP contribution in [0.4, 0.5) is 0 Å². The monoisotopic (exact) mass is 229 g/mol. The molecule has 0 aliphatic rings. The minimum atomic E-state index is -0.667. The summed E-state index contributed by atoms with van der Waals surface area (Å²) in [6.07, 6.45) is 0. The number of aliphatic hydroxyl groups excluding tert-OH is 2. The molecule has 3 nitrogen and oxygen atoms in total. The van der Waals surface area contributed by atoms with E-state index >= 15 is 0 Å². The third-order valence-corrected chi connectivity index (χ3v) is 2.73. The lowest BCUT2D eigenvalue weighted by molar-refractivity contribution is 0.103. The van der Waals surface area contributed by atoms with Crippen molar-refractivity contribution in [3.05, 3.63) is 34.9 Å². The van der Waals surface area contributed by atoms with Crippen LogP contribution in [0.5, 0.6) is 0 Å². The van der Waals surface area contributed by atoms with E-state index < -0.39 is 5.54 Å². The van der Waals surface area contributed by atoms with E-state index in [9.17, 15) is 0 Å². The van der Waals surface area contributed by atoms with Crippen molar-refractivity contribution >= 4 is 11.6 Å². The van der Waals surface area contributed by atoms with Gasteiger partial charge < -0.3 is 15.5 Å². The lowest BCUT2D eigenvalue weighted by atomic mass is 10.0. The molecule has 0 fully saturated rings. The molecule has 0 unspecified atom stereocenters. The SMILES string of the molecule is CC(CO)(CO)NCc1ccccc1Cl. The fourth-order valence-corrected chi connectivity index (χ4v) is 1.31. The predicted molar refractivity (Wildman–Crippen MR) is 60.9 cm³/mol. The molecule has 0 atom stereocenters. The fourth-order valence-electron chi connectivity index (χ4n) is 1.11. The Labute approximate surface area is 94.7 Å².